The average molecular weight is 303 g/mol. The second-order valence-corrected chi connectivity index (χ2v) is 5.10. The third-order valence-electron chi connectivity index (χ3n) is 2.28. The molecule has 106 valence electrons. The maximum Gasteiger partial charge on any atom is 0.408 e. The van der Waals surface area contributed by atoms with Crippen molar-refractivity contribution in [2.45, 2.75) is 26.5 Å². The number of carbonyl (C=O) groups excluding carboxylic acids is 1. The van der Waals surface area contributed by atoms with Crippen LogP contribution in [0.15, 0.2) is 30.3 Å². The fourth-order valence-corrected chi connectivity index (χ4v) is 1.95. The fraction of sp³-hybridized carbons (Fsp3) is 0.385. The third-order valence-corrected chi connectivity index (χ3v) is 3.26. The first kappa shape index (κ1) is 17.8. The minimum absolute atomic E-state index is 0. The van der Waals surface area contributed by atoms with Gasteiger partial charge in [-0.05, 0) is 12.5 Å². The zero-order valence-electron chi connectivity index (χ0n) is 11.1. The van der Waals surface area contributed by atoms with E-state index in [1.54, 1.807) is 0 Å². The molecule has 1 aromatic rings. The Morgan fingerprint density at radius 2 is 2.05 bits per heavy atom. The molecule has 4 nitrogen and oxygen atoms in total. The van der Waals surface area contributed by atoms with E-state index in [1.165, 1.54) is 11.8 Å². The van der Waals surface area contributed by atoms with E-state index in [4.69, 9.17) is 10.1 Å². The predicted molar refractivity (Wildman–Crippen MR) is 74.3 cm³/mol. The van der Waals surface area contributed by atoms with Crippen LogP contribution in [-0.2, 0) is 11.3 Å². The number of ether oxygens (including phenoxy) is 1. The van der Waals surface area contributed by atoms with Crippen molar-refractivity contribution in [3.05, 3.63) is 35.9 Å². The highest BCUT2D eigenvalue weighted by Gasteiger charge is 2.17. The van der Waals surface area contributed by atoms with Crippen LogP contribution in [0.1, 0.15) is 19.4 Å². The summed E-state index contributed by atoms with van der Waals surface area (Å²) in [7, 11) is 0. The first-order chi connectivity index (χ1) is 8.63. The van der Waals surface area contributed by atoms with Crippen LogP contribution in [0.4, 0.5) is 4.79 Å². The largest absolute Gasteiger partial charge is 1.00 e. The lowest BCUT2D eigenvalue weighted by Gasteiger charge is -2.11. The zero-order valence-corrected chi connectivity index (χ0v) is 12.6. The molecule has 0 radical (unpaired) electrons. The van der Waals surface area contributed by atoms with Crippen molar-refractivity contribution in [1.82, 2.24) is 5.32 Å². The Morgan fingerprint density at radius 3 is 2.63 bits per heavy atom. The van der Waals surface area contributed by atoms with E-state index in [9.17, 15) is 4.79 Å². The molecular weight excluding hydrogens is 284 g/mol. The summed E-state index contributed by atoms with van der Waals surface area (Å²) in [6, 6.07) is 9.35. The average Bonchev–Trinajstić information content (AvgIpc) is 2.38. The van der Waals surface area contributed by atoms with Crippen LogP contribution < -0.4 is 23.1 Å². The van der Waals surface area contributed by atoms with Gasteiger partial charge in [-0.1, -0.05) is 49.0 Å². The predicted octanol–water partition coefficient (Wildman–Crippen LogP) is -1.78. The van der Waals surface area contributed by atoms with Gasteiger partial charge < -0.3 is 22.5 Å². The van der Waals surface area contributed by atoms with Crippen molar-refractivity contribution in [1.29, 1.82) is 0 Å². The lowest BCUT2D eigenvalue weighted by molar-refractivity contribution is -0.112. The summed E-state index contributed by atoms with van der Waals surface area (Å²) in [5.74, 6) is 0.886. The number of alkyl carbamates (subject to hydrolysis) is 1. The number of hydrogen-bond donors (Lipinski definition) is 2. The Morgan fingerprint density at radius 1 is 1.42 bits per heavy atom. The molecule has 0 spiro atoms. The SMILES string of the molecule is CCSC(=[NH2+])C(C)NC(=O)OCc1ccccc1.[Cl-]. The molecule has 19 heavy (non-hydrogen) atoms. The number of benzene rings is 1. The second kappa shape index (κ2) is 9.69. The summed E-state index contributed by atoms with van der Waals surface area (Å²) in [4.78, 5) is 11.5. The van der Waals surface area contributed by atoms with Crippen molar-refractivity contribution < 1.29 is 27.3 Å². The maximum atomic E-state index is 11.5. The van der Waals surface area contributed by atoms with Crippen LogP contribution in [0, 0.1) is 0 Å². The number of carbonyl (C=O) groups is 1. The number of amides is 1. The maximum absolute atomic E-state index is 11.5. The van der Waals surface area contributed by atoms with Gasteiger partial charge in [0.25, 0.3) is 0 Å². The van der Waals surface area contributed by atoms with Gasteiger partial charge in [0, 0.05) is 5.75 Å². The zero-order chi connectivity index (χ0) is 13.4. The van der Waals surface area contributed by atoms with E-state index < -0.39 is 6.09 Å². The molecule has 0 bridgehead atoms. The summed E-state index contributed by atoms with van der Waals surface area (Å²) in [5, 5.41) is 9.17. The van der Waals surface area contributed by atoms with Crippen LogP contribution in [-0.4, -0.2) is 22.9 Å². The van der Waals surface area contributed by atoms with Crippen molar-refractivity contribution >= 4 is 22.9 Å². The molecule has 6 heteroatoms. The van der Waals surface area contributed by atoms with Gasteiger partial charge in [0.1, 0.15) is 12.6 Å². The van der Waals surface area contributed by atoms with Crippen molar-refractivity contribution in [2.75, 3.05) is 5.75 Å². The van der Waals surface area contributed by atoms with E-state index in [1.807, 2.05) is 44.2 Å². The van der Waals surface area contributed by atoms with E-state index in [-0.39, 0.29) is 25.1 Å². The standard InChI is InChI=1S/C13H18N2O2S.ClH/c1-3-18-12(14)10(2)15-13(16)17-9-11-7-5-4-6-8-11;/h4-8,10,14H,3,9H2,1-2H3,(H,15,16);1H. The Hall–Kier alpha value is -1.20. The number of hydrogen-bond acceptors (Lipinski definition) is 3. The van der Waals surface area contributed by atoms with Crippen molar-refractivity contribution in [2.24, 2.45) is 0 Å². The van der Waals surface area contributed by atoms with E-state index in [2.05, 4.69) is 5.32 Å². The van der Waals surface area contributed by atoms with Crippen LogP contribution in [0.2, 0.25) is 0 Å². The van der Waals surface area contributed by atoms with Gasteiger partial charge in [-0.3, -0.25) is 5.41 Å². The molecule has 0 aromatic heterocycles. The van der Waals surface area contributed by atoms with Gasteiger partial charge in [0.15, 0.2) is 0 Å². The highest BCUT2D eigenvalue weighted by molar-refractivity contribution is 8.13. The molecule has 1 aromatic carbocycles. The minimum Gasteiger partial charge on any atom is -1.00 e. The van der Waals surface area contributed by atoms with Gasteiger partial charge in [0.05, 0.1) is 0 Å². The van der Waals surface area contributed by atoms with Gasteiger partial charge in [-0.15, -0.1) is 0 Å². The van der Waals surface area contributed by atoms with Crippen LogP contribution in [0.25, 0.3) is 0 Å². The minimum atomic E-state index is -0.453. The Labute approximate surface area is 124 Å². The van der Waals surface area contributed by atoms with Crippen molar-refractivity contribution in [3.63, 3.8) is 0 Å². The van der Waals surface area contributed by atoms with Crippen LogP contribution in [0.3, 0.4) is 0 Å². The molecule has 0 saturated heterocycles. The monoisotopic (exact) mass is 302 g/mol. The van der Waals surface area contributed by atoms with E-state index in [0.29, 0.717) is 5.04 Å². The highest BCUT2D eigenvalue weighted by Crippen LogP contribution is 2.04. The first-order valence-corrected chi connectivity index (χ1v) is 6.84. The third kappa shape index (κ3) is 7.08. The lowest BCUT2D eigenvalue weighted by Crippen LogP contribution is -3.00. The first-order valence-electron chi connectivity index (χ1n) is 5.85. The normalized spacial score (nSPS) is 11.1. The number of thioether (sulfide) groups is 1. The molecule has 0 aliphatic carbocycles. The molecule has 0 saturated carbocycles. The lowest BCUT2D eigenvalue weighted by atomic mass is 10.2. The fourth-order valence-electron chi connectivity index (χ4n) is 1.30. The molecule has 3 N–H and O–H groups in total. The molecule has 1 atom stereocenters. The van der Waals surface area contributed by atoms with Gasteiger partial charge in [0.2, 0.25) is 5.04 Å². The Kier molecular flexibility index (Phi) is 9.08. The second-order valence-electron chi connectivity index (χ2n) is 3.76. The molecule has 0 aliphatic heterocycles. The summed E-state index contributed by atoms with van der Waals surface area (Å²) in [6.45, 7) is 4.11. The molecule has 0 heterocycles. The molecule has 0 aliphatic rings. The molecule has 1 unspecified atom stereocenters. The summed E-state index contributed by atoms with van der Waals surface area (Å²) >= 11 is 1.52. The van der Waals surface area contributed by atoms with Gasteiger partial charge >= 0.3 is 6.09 Å². The summed E-state index contributed by atoms with van der Waals surface area (Å²) in [5.41, 5.74) is 0.959. The van der Waals surface area contributed by atoms with Crippen LogP contribution in [0.5, 0.6) is 0 Å². The summed E-state index contributed by atoms with van der Waals surface area (Å²) < 4.78 is 5.10. The number of halogens is 1. The topological polar surface area (TPSA) is 63.9 Å². The molecule has 0 fully saturated rings. The van der Waals surface area contributed by atoms with Crippen molar-refractivity contribution in [3.8, 4) is 0 Å². The van der Waals surface area contributed by atoms with Gasteiger partial charge in [-0.2, -0.15) is 0 Å². The summed E-state index contributed by atoms with van der Waals surface area (Å²) in [6.07, 6.45) is -0.453. The van der Waals surface area contributed by atoms with E-state index in [0.717, 1.165) is 11.3 Å². The van der Waals surface area contributed by atoms with Crippen LogP contribution >= 0.6 is 11.8 Å². The number of rotatable bonds is 5. The van der Waals surface area contributed by atoms with E-state index >= 15 is 0 Å². The number of nitrogens with one attached hydrogen (secondary N) is 1. The molecular formula is C13H19ClN2O2S. The highest BCUT2D eigenvalue weighted by atomic mass is 35.5. The number of nitrogens with two attached hydrogens (primary N) is 1. The van der Waals surface area contributed by atoms with Gasteiger partial charge in [-0.25, -0.2) is 4.79 Å². The Balaban J connectivity index is 0.00000324. The Bertz CT molecular complexity index is 401. The quantitative estimate of drug-likeness (QED) is 0.499. The molecule has 1 amide bonds. The smallest absolute Gasteiger partial charge is 0.408 e. The molecule has 1 rings (SSSR count).